The van der Waals surface area contributed by atoms with E-state index in [4.69, 9.17) is 10.5 Å². The second-order valence-electron chi connectivity index (χ2n) is 4.67. The van der Waals surface area contributed by atoms with Crippen molar-refractivity contribution in [3.05, 3.63) is 40.2 Å². The number of aromatic nitrogens is 1. The van der Waals surface area contributed by atoms with Crippen LogP contribution in [-0.4, -0.2) is 28.4 Å². The number of nitrogens with zero attached hydrogens (tertiary/aromatic N) is 1. The average Bonchev–Trinajstić information content (AvgIpc) is 2.94. The summed E-state index contributed by atoms with van der Waals surface area (Å²) in [6.45, 7) is 1.17. The van der Waals surface area contributed by atoms with Gasteiger partial charge in [-0.1, -0.05) is 12.1 Å². The minimum Gasteiger partial charge on any atom is -0.478 e. The van der Waals surface area contributed by atoms with Gasteiger partial charge in [0, 0.05) is 16.7 Å². The first kappa shape index (κ1) is 15.3. The van der Waals surface area contributed by atoms with Gasteiger partial charge in [-0.2, -0.15) is 0 Å². The van der Waals surface area contributed by atoms with Gasteiger partial charge >= 0.3 is 5.97 Å². The zero-order valence-corrected chi connectivity index (χ0v) is 12.3. The van der Waals surface area contributed by atoms with Crippen LogP contribution in [0.3, 0.4) is 0 Å². The normalized spacial score (nSPS) is 12.1. The Morgan fingerprint density at radius 3 is 2.62 bits per heavy atom. The van der Waals surface area contributed by atoms with Crippen molar-refractivity contribution >= 4 is 23.0 Å². The predicted octanol–water partition coefficient (Wildman–Crippen LogP) is 3.99. The number of halogens is 1. The monoisotopic (exact) mass is 306 g/mol. The Balaban J connectivity index is 2.26. The van der Waals surface area contributed by atoms with E-state index in [-0.39, 0.29) is 17.9 Å². The molecule has 0 amide bonds. The number of hydrogen-bond acceptors (Lipinski definition) is 4. The number of benzene rings is 1. The Morgan fingerprint density at radius 1 is 1.43 bits per heavy atom. The summed E-state index contributed by atoms with van der Waals surface area (Å²) < 4.78 is 12.6. The van der Waals surface area contributed by atoms with Gasteiger partial charge in [0.15, 0.2) is 0 Å². The van der Waals surface area contributed by atoms with E-state index in [1.807, 2.05) is 5.38 Å². The lowest BCUT2D eigenvalue weighted by Gasteiger charge is -2.10. The Labute approximate surface area is 125 Å². The lowest BCUT2D eigenvalue weighted by atomic mass is 10.0. The van der Waals surface area contributed by atoms with Crippen LogP contribution >= 0.6 is 11.3 Å². The fraction of sp³-hybridized carbons (Fsp3) is 0.267. The van der Waals surface area contributed by atoms with Crippen molar-refractivity contribution in [2.45, 2.75) is 19.3 Å². The third kappa shape index (κ3) is 3.52. The average molecular weight is 306 g/mol. The fourth-order valence-electron chi connectivity index (χ4n) is 2.00. The minimum absolute atomic E-state index is 0.222. The third-order valence-corrected chi connectivity index (χ3v) is 4.13. The second-order valence-corrected chi connectivity index (χ2v) is 5.56. The molecule has 0 fully saturated rings. The van der Waals surface area contributed by atoms with E-state index in [1.54, 1.807) is 19.1 Å². The van der Waals surface area contributed by atoms with Crippen LogP contribution < -0.4 is 0 Å². The molecular weight excluding hydrogens is 291 g/mol. The van der Waals surface area contributed by atoms with Crippen LogP contribution in [0.25, 0.3) is 11.3 Å². The molecule has 1 unspecified atom stereocenters. The molecule has 0 aliphatic rings. The van der Waals surface area contributed by atoms with Crippen LogP contribution in [0.1, 0.15) is 34.6 Å². The molecule has 21 heavy (non-hydrogen) atoms. The van der Waals surface area contributed by atoms with Gasteiger partial charge in [0.25, 0.3) is 0 Å². The maximum Gasteiger partial charge on any atom is 0.335 e. The van der Waals surface area contributed by atoms with Gasteiger partial charge in [0.2, 0.25) is 0 Å². The maximum atomic E-state index is 12.6. The number of aromatic carboxylic acids is 1. The number of thiazole rings is 1. The Bertz CT molecular complexity index is 652. The van der Waals surface area contributed by atoms with Gasteiger partial charge in [-0.05, 0) is 25.5 Å². The number of carboxylic acids is 1. The van der Waals surface area contributed by atoms with Crippen molar-refractivity contribution in [1.82, 2.24) is 4.98 Å². The van der Waals surface area contributed by atoms with E-state index in [0.717, 1.165) is 16.3 Å². The Kier molecular flexibility index (Phi) is 4.80. The zero-order valence-electron chi connectivity index (χ0n) is 11.5. The fourth-order valence-corrected chi connectivity index (χ4v) is 3.03. The summed E-state index contributed by atoms with van der Waals surface area (Å²) in [7, 11) is 0. The molecule has 2 N–H and O–H groups in total. The molecule has 0 saturated carbocycles. The van der Waals surface area contributed by atoms with Crippen LogP contribution in [0.5, 0.6) is 0 Å². The molecule has 0 bridgehead atoms. The van der Waals surface area contributed by atoms with Gasteiger partial charge in [-0.15, -0.1) is 11.3 Å². The number of hydrogen-bond donors (Lipinski definition) is 2. The molecule has 2 aromatic rings. The predicted molar refractivity (Wildman–Crippen MR) is 81.2 cm³/mol. The molecule has 110 valence electrons. The molecule has 4 nitrogen and oxygen atoms in total. The highest BCUT2D eigenvalue weighted by Gasteiger charge is 2.18. The summed E-state index contributed by atoms with van der Waals surface area (Å²) in [5.41, 5.74) is 2.15. The lowest BCUT2D eigenvalue weighted by Crippen LogP contribution is -2.08. The topological polar surface area (TPSA) is 74.0 Å². The quantitative estimate of drug-likeness (QED) is 0.792. The van der Waals surface area contributed by atoms with Crippen molar-refractivity contribution in [3.63, 3.8) is 0 Å². The van der Waals surface area contributed by atoms with Crippen LogP contribution in [0.4, 0.5) is 4.39 Å². The number of carboxylic acid groups (broad SMARTS) is 1. The van der Waals surface area contributed by atoms with Crippen molar-refractivity contribution in [1.29, 1.82) is 5.41 Å². The Morgan fingerprint density at radius 2 is 2.10 bits per heavy atom. The third-order valence-electron chi connectivity index (χ3n) is 3.17. The maximum absolute atomic E-state index is 12.6. The smallest absolute Gasteiger partial charge is 0.335 e. The molecule has 1 atom stereocenters. The summed E-state index contributed by atoms with van der Waals surface area (Å²) in [5, 5.41) is 19.2. The van der Waals surface area contributed by atoms with Crippen molar-refractivity contribution < 1.29 is 14.3 Å². The van der Waals surface area contributed by atoms with Crippen LogP contribution in [0.15, 0.2) is 29.6 Å². The van der Waals surface area contributed by atoms with E-state index in [0.29, 0.717) is 5.71 Å². The molecule has 0 spiro atoms. The zero-order chi connectivity index (χ0) is 15.4. The number of nitrogens with one attached hydrogen (secondary N) is 1. The van der Waals surface area contributed by atoms with E-state index >= 15 is 0 Å². The molecule has 0 saturated heterocycles. The molecule has 0 aliphatic heterocycles. The molecule has 1 aromatic heterocycles. The lowest BCUT2D eigenvalue weighted by molar-refractivity contribution is 0.0697. The van der Waals surface area contributed by atoms with Crippen molar-refractivity contribution in [3.8, 4) is 11.3 Å². The molecule has 0 radical (unpaired) electrons. The molecule has 0 aliphatic carbocycles. The summed E-state index contributed by atoms with van der Waals surface area (Å²) >= 11 is 1.40. The number of carbonyl (C=O) groups is 1. The van der Waals surface area contributed by atoms with Crippen LogP contribution in [0.2, 0.25) is 0 Å². The largest absolute Gasteiger partial charge is 0.478 e. The van der Waals surface area contributed by atoms with Crippen LogP contribution in [-0.2, 0) is 0 Å². The van der Waals surface area contributed by atoms with Crippen molar-refractivity contribution in [2.24, 2.45) is 0 Å². The molecule has 1 aromatic carbocycles. The van der Waals surface area contributed by atoms with E-state index in [9.17, 15) is 9.18 Å². The van der Waals surface area contributed by atoms with E-state index < -0.39 is 12.6 Å². The van der Waals surface area contributed by atoms with Gasteiger partial charge in [-0.25, -0.2) is 9.78 Å². The summed E-state index contributed by atoms with van der Waals surface area (Å²) in [4.78, 5) is 15.3. The first-order chi connectivity index (χ1) is 10.0. The Hall–Kier alpha value is -2.08. The molecular formula is C15H15FN2O2S. The molecule has 6 heteroatoms. The SMILES string of the molecule is CC(=N)C(CCF)c1nc(-c2ccc(C(=O)O)cc2)cs1. The summed E-state index contributed by atoms with van der Waals surface area (Å²) in [6, 6.07) is 6.45. The highest BCUT2D eigenvalue weighted by atomic mass is 32.1. The van der Waals surface area contributed by atoms with E-state index in [2.05, 4.69) is 4.98 Å². The first-order valence-electron chi connectivity index (χ1n) is 6.43. The van der Waals surface area contributed by atoms with Gasteiger partial charge in [0.05, 0.1) is 23.8 Å². The first-order valence-corrected chi connectivity index (χ1v) is 7.31. The number of alkyl halides is 1. The van der Waals surface area contributed by atoms with Crippen molar-refractivity contribution in [2.75, 3.05) is 6.67 Å². The van der Waals surface area contributed by atoms with Gasteiger partial charge in [-0.3, -0.25) is 4.39 Å². The van der Waals surface area contributed by atoms with Gasteiger partial charge < -0.3 is 10.5 Å². The second kappa shape index (κ2) is 6.58. The minimum atomic E-state index is -0.969. The summed E-state index contributed by atoms with van der Waals surface area (Å²) in [5.74, 6) is -1.25. The van der Waals surface area contributed by atoms with E-state index in [1.165, 1.54) is 23.5 Å². The molecule has 1 heterocycles. The highest BCUT2D eigenvalue weighted by molar-refractivity contribution is 7.10. The summed E-state index contributed by atoms with van der Waals surface area (Å²) in [6.07, 6.45) is 0.264. The number of rotatable bonds is 6. The molecule has 2 rings (SSSR count). The van der Waals surface area contributed by atoms with Crippen LogP contribution in [0, 0.1) is 5.41 Å². The standard InChI is InChI=1S/C15H15FN2O2S/c1-9(17)12(6-7-16)14-18-13(8-21-14)10-2-4-11(5-3-10)15(19)20/h2-5,8,12,17H,6-7H2,1H3,(H,19,20). The van der Waals surface area contributed by atoms with Gasteiger partial charge in [0.1, 0.15) is 5.01 Å². The highest BCUT2D eigenvalue weighted by Crippen LogP contribution is 2.29.